The number of thiocarbonyl (C=S) groups is 1. The molecule has 0 atom stereocenters. The Labute approximate surface area is 171 Å². The zero-order valence-electron chi connectivity index (χ0n) is 14.1. The number of benzene rings is 2. The van der Waals surface area contributed by atoms with Crippen molar-refractivity contribution in [1.82, 2.24) is 4.90 Å². The molecular weight excluding hydrogens is 402 g/mol. The van der Waals surface area contributed by atoms with Gasteiger partial charge in [0.25, 0.3) is 5.91 Å². The van der Waals surface area contributed by atoms with E-state index < -0.39 is 5.97 Å². The summed E-state index contributed by atoms with van der Waals surface area (Å²) in [4.78, 5) is 26.6. The summed E-state index contributed by atoms with van der Waals surface area (Å²) in [5.74, 6) is -0.283. The summed E-state index contributed by atoms with van der Waals surface area (Å²) in [6.07, 6.45) is 3.39. The van der Waals surface area contributed by atoms with E-state index in [2.05, 4.69) is 6.58 Å². The summed E-state index contributed by atoms with van der Waals surface area (Å²) in [6.45, 7) is 4.02. The molecule has 0 bridgehead atoms. The third kappa shape index (κ3) is 4.47. The molecule has 1 aliphatic rings. The molecule has 7 heteroatoms. The van der Waals surface area contributed by atoms with Crippen molar-refractivity contribution in [2.45, 2.75) is 0 Å². The topological polar surface area (TPSA) is 46.6 Å². The van der Waals surface area contributed by atoms with Crippen molar-refractivity contribution < 1.29 is 14.3 Å². The van der Waals surface area contributed by atoms with E-state index >= 15 is 0 Å². The van der Waals surface area contributed by atoms with E-state index in [0.717, 1.165) is 5.56 Å². The lowest BCUT2D eigenvalue weighted by molar-refractivity contribution is -0.121. The van der Waals surface area contributed by atoms with Crippen LogP contribution in [0.25, 0.3) is 6.08 Å². The molecule has 4 nitrogen and oxygen atoms in total. The van der Waals surface area contributed by atoms with Gasteiger partial charge in [0, 0.05) is 6.54 Å². The second-order valence-corrected chi connectivity index (χ2v) is 7.60. The van der Waals surface area contributed by atoms with Crippen LogP contribution < -0.4 is 4.74 Å². The minimum absolute atomic E-state index is 0.140. The van der Waals surface area contributed by atoms with Crippen molar-refractivity contribution in [2.75, 3.05) is 6.54 Å². The lowest BCUT2D eigenvalue weighted by Gasteiger charge is -2.10. The van der Waals surface area contributed by atoms with Gasteiger partial charge < -0.3 is 4.74 Å². The van der Waals surface area contributed by atoms with Gasteiger partial charge in [-0.2, -0.15) is 0 Å². The van der Waals surface area contributed by atoms with Gasteiger partial charge in [-0.25, -0.2) is 4.79 Å². The summed E-state index contributed by atoms with van der Waals surface area (Å²) in [7, 11) is 0. The second-order valence-electron chi connectivity index (χ2n) is 5.52. The molecule has 1 aliphatic heterocycles. The Morgan fingerprint density at radius 3 is 2.59 bits per heavy atom. The Balaban J connectivity index is 1.72. The van der Waals surface area contributed by atoms with Gasteiger partial charge in [0.15, 0.2) is 0 Å². The highest BCUT2D eigenvalue weighted by atomic mass is 35.5. The molecule has 0 aliphatic carbocycles. The molecule has 1 heterocycles. The Bertz CT molecular complexity index is 954. The number of rotatable bonds is 5. The first-order valence-corrected chi connectivity index (χ1v) is 9.53. The van der Waals surface area contributed by atoms with Crippen LogP contribution in [-0.2, 0) is 4.79 Å². The SMILES string of the molecule is C=CCN1C(=O)/C(=C\c2ccc(OC(=O)c3ccccc3Cl)cc2)SC1=S. The summed E-state index contributed by atoms with van der Waals surface area (Å²) in [5, 5.41) is 0.334. The highest BCUT2D eigenvalue weighted by Gasteiger charge is 2.30. The molecule has 2 aromatic rings. The number of halogens is 1. The molecule has 3 rings (SSSR count). The lowest BCUT2D eigenvalue weighted by Crippen LogP contribution is -2.27. The predicted molar refractivity (Wildman–Crippen MR) is 113 cm³/mol. The Hall–Kier alpha value is -2.41. The fraction of sp³-hybridized carbons (Fsp3) is 0.0500. The van der Waals surface area contributed by atoms with Crippen molar-refractivity contribution in [1.29, 1.82) is 0 Å². The van der Waals surface area contributed by atoms with Gasteiger partial charge in [0.1, 0.15) is 10.1 Å². The smallest absolute Gasteiger partial charge is 0.345 e. The largest absolute Gasteiger partial charge is 0.423 e. The summed E-state index contributed by atoms with van der Waals surface area (Å²) >= 11 is 12.5. The van der Waals surface area contributed by atoms with Crippen LogP contribution in [0, 0.1) is 0 Å². The molecule has 0 unspecified atom stereocenters. The van der Waals surface area contributed by atoms with Gasteiger partial charge >= 0.3 is 5.97 Å². The molecule has 1 fully saturated rings. The first kappa shape index (κ1) is 19.4. The first-order chi connectivity index (χ1) is 13.0. The van der Waals surface area contributed by atoms with E-state index in [4.69, 9.17) is 28.6 Å². The maximum absolute atomic E-state index is 12.3. The van der Waals surface area contributed by atoms with Gasteiger partial charge in [-0.15, -0.1) is 6.58 Å². The van der Waals surface area contributed by atoms with Crippen LogP contribution >= 0.6 is 35.6 Å². The van der Waals surface area contributed by atoms with Crippen molar-refractivity contribution in [2.24, 2.45) is 0 Å². The van der Waals surface area contributed by atoms with Crippen molar-refractivity contribution in [3.8, 4) is 5.75 Å². The summed E-state index contributed by atoms with van der Waals surface area (Å²) in [5.41, 5.74) is 1.10. The quantitative estimate of drug-likeness (QED) is 0.227. The number of hydrogen-bond donors (Lipinski definition) is 0. The van der Waals surface area contributed by atoms with Crippen molar-refractivity contribution in [3.63, 3.8) is 0 Å². The van der Waals surface area contributed by atoms with Crippen LogP contribution in [0.2, 0.25) is 5.02 Å². The Kier molecular flexibility index (Phi) is 6.11. The molecule has 0 N–H and O–H groups in total. The Morgan fingerprint density at radius 1 is 1.22 bits per heavy atom. The number of carbonyl (C=O) groups is 2. The number of esters is 1. The van der Waals surface area contributed by atoms with Gasteiger partial charge in [-0.1, -0.05) is 65.9 Å². The fourth-order valence-corrected chi connectivity index (χ4v) is 3.85. The number of nitrogens with zero attached hydrogens (tertiary/aromatic N) is 1. The van der Waals surface area contributed by atoms with E-state index in [1.54, 1.807) is 60.7 Å². The predicted octanol–water partition coefficient (Wildman–Crippen LogP) is 4.95. The van der Waals surface area contributed by atoms with Crippen LogP contribution in [0.4, 0.5) is 0 Å². The molecule has 136 valence electrons. The summed E-state index contributed by atoms with van der Waals surface area (Å²) < 4.78 is 5.85. The van der Waals surface area contributed by atoms with Gasteiger partial charge in [-0.05, 0) is 35.9 Å². The number of ether oxygens (including phenoxy) is 1. The van der Waals surface area contributed by atoms with Gasteiger partial charge in [-0.3, -0.25) is 9.69 Å². The highest BCUT2D eigenvalue weighted by Crippen LogP contribution is 2.32. The molecule has 1 saturated heterocycles. The number of amides is 1. The molecular formula is C20H14ClNO3S2. The molecule has 1 amide bonds. The molecule has 2 aromatic carbocycles. The maximum Gasteiger partial charge on any atom is 0.345 e. The van der Waals surface area contributed by atoms with Crippen molar-refractivity contribution in [3.05, 3.63) is 82.2 Å². The minimum atomic E-state index is -0.529. The van der Waals surface area contributed by atoms with Crippen LogP contribution in [-0.4, -0.2) is 27.6 Å². The monoisotopic (exact) mass is 415 g/mol. The average Bonchev–Trinajstić information content (AvgIpc) is 2.91. The third-order valence-electron chi connectivity index (χ3n) is 3.67. The fourth-order valence-electron chi connectivity index (χ4n) is 2.36. The number of thioether (sulfide) groups is 1. The van der Waals surface area contributed by atoms with E-state index in [1.165, 1.54) is 16.7 Å². The molecule has 0 saturated carbocycles. The lowest BCUT2D eigenvalue weighted by atomic mass is 10.2. The molecule has 0 aromatic heterocycles. The molecule has 0 spiro atoms. The zero-order chi connectivity index (χ0) is 19.4. The zero-order valence-corrected chi connectivity index (χ0v) is 16.4. The normalized spacial score (nSPS) is 15.3. The van der Waals surface area contributed by atoms with Crippen LogP contribution in [0.1, 0.15) is 15.9 Å². The Morgan fingerprint density at radius 2 is 1.93 bits per heavy atom. The van der Waals surface area contributed by atoms with E-state index in [9.17, 15) is 9.59 Å². The van der Waals surface area contributed by atoms with Crippen LogP contribution in [0.5, 0.6) is 5.75 Å². The average molecular weight is 416 g/mol. The van der Waals surface area contributed by atoms with Crippen molar-refractivity contribution >= 4 is 57.9 Å². The maximum atomic E-state index is 12.3. The van der Waals surface area contributed by atoms with E-state index in [-0.39, 0.29) is 5.91 Å². The van der Waals surface area contributed by atoms with Gasteiger partial charge in [0.05, 0.1) is 15.5 Å². The number of hydrogen-bond acceptors (Lipinski definition) is 5. The minimum Gasteiger partial charge on any atom is -0.423 e. The third-order valence-corrected chi connectivity index (χ3v) is 5.37. The standard InChI is InChI=1S/C20H14ClNO3S2/c1-2-11-22-18(23)17(27-20(22)26)12-13-7-9-14(10-8-13)25-19(24)15-5-3-4-6-16(15)21/h2-10,12H,1,11H2/b17-12+. The number of carbonyl (C=O) groups excluding carboxylic acids is 2. The highest BCUT2D eigenvalue weighted by molar-refractivity contribution is 8.26. The first-order valence-electron chi connectivity index (χ1n) is 7.92. The van der Waals surface area contributed by atoms with E-state index in [0.29, 0.717) is 32.1 Å². The van der Waals surface area contributed by atoms with Gasteiger partial charge in [0.2, 0.25) is 0 Å². The van der Waals surface area contributed by atoms with Crippen LogP contribution in [0.15, 0.2) is 66.1 Å². The molecule has 27 heavy (non-hydrogen) atoms. The van der Waals surface area contributed by atoms with E-state index in [1.807, 2.05) is 0 Å². The van der Waals surface area contributed by atoms with Crippen LogP contribution in [0.3, 0.4) is 0 Å². The second kappa shape index (κ2) is 8.52. The summed E-state index contributed by atoms with van der Waals surface area (Å²) in [6, 6.07) is 13.5. The molecule has 0 radical (unpaired) electrons.